The van der Waals surface area contributed by atoms with Gasteiger partial charge in [0.2, 0.25) is 0 Å². The lowest BCUT2D eigenvalue weighted by Crippen LogP contribution is -2.28. The van der Waals surface area contributed by atoms with Crippen LogP contribution in [-0.4, -0.2) is 23.8 Å². The lowest BCUT2D eigenvalue weighted by molar-refractivity contribution is -0.154. The number of rotatable bonds is 4. The third-order valence-corrected chi connectivity index (χ3v) is 3.12. The maximum absolute atomic E-state index is 11.4. The van der Waals surface area contributed by atoms with Crippen LogP contribution in [0.4, 0.5) is 0 Å². The number of esters is 1. The molecule has 0 bridgehead atoms. The number of benzene rings is 1. The van der Waals surface area contributed by atoms with Crippen molar-refractivity contribution in [2.45, 2.75) is 25.9 Å². The summed E-state index contributed by atoms with van der Waals surface area (Å²) in [6.45, 7) is 3.57. The van der Waals surface area contributed by atoms with E-state index in [1.165, 1.54) is 0 Å². The van der Waals surface area contributed by atoms with E-state index in [1.54, 1.807) is 32.0 Å². The smallest absolute Gasteiger partial charge is 0.335 e. The number of carbonyl (C=O) groups excluding carboxylic acids is 1. The van der Waals surface area contributed by atoms with E-state index in [-0.39, 0.29) is 6.61 Å². The number of carbonyl (C=O) groups is 1. The first-order valence-electron chi connectivity index (χ1n) is 5.27. The topological polar surface area (TPSA) is 46.5 Å². The van der Waals surface area contributed by atoms with Crippen molar-refractivity contribution in [3.8, 4) is 0 Å². The molecule has 0 aromatic heterocycles. The van der Waals surface area contributed by atoms with E-state index >= 15 is 0 Å². The molecule has 94 valence electrons. The lowest BCUT2D eigenvalue weighted by Gasteiger charge is -2.19. The SMILES string of the molecule is CCOC(=O)[C@@H](O)[C@H](C)c1c(Cl)cccc1Cl. The van der Waals surface area contributed by atoms with Gasteiger partial charge in [0, 0.05) is 16.0 Å². The average molecular weight is 277 g/mol. The van der Waals surface area contributed by atoms with E-state index in [2.05, 4.69) is 0 Å². The molecular weight excluding hydrogens is 263 g/mol. The van der Waals surface area contributed by atoms with Gasteiger partial charge in [-0.1, -0.05) is 36.2 Å². The Balaban J connectivity index is 2.96. The average Bonchev–Trinajstić information content (AvgIpc) is 2.27. The van der Waals surface area contributed by atoms with Crippen molar-refractivity contribution in [2.75, 3.05) is 6.61 Å². The Labute approximate surface area is 110 Å². The molecule has 17 heavy (non-hydrogen) atoms. The molecule has 0 aliphatic carbocycles. The van der Waals surface area contributed by atoms with E-state index in [0.29, 0.717) is 15.6 Å². The molecule has 0 aliphatic heterocycles. The number of halogens is 2. The molecule has 1 N–H and O–H groups in total. The van der Waals surface area contributed by atoms with Gasteiger partial charge in [-0.2, -0.15) is 0 Å². The summed E-state index contributed by atoms with van der Waals surface area (Å²) in [5.74, 6) is -1.19. The largest absolute Gasteiger partial charge is 0.464 e. The van der Waals surface area contributed by atoms with Crippen LogP contribution in [0.1, 0.15) is 25.3 Å². The molecule has 1 aromatic rings. The minimum atomic E-state index is -1.27. The molecule has 0 radical (unpaired) electrons. The summed E-state index contributed by atoms with van der Waals surface area (Å²) in [6, 6.07) is 5.03. The first kappa shape index (κ1) is 14.3. The molecule has 5 heteroatoms. The lowest BCUT2D eigenvalue weighted by atomic mass is 9.95. The Morgan fingerprint density at radius 1 is 1.41 bits per heavy atom. The van der Waals surface area contributed by atoms with Gasteiger partial charge in [-0.25, -0.2) is 4.79 Å². The standard InChI is InChI=1S/C12H14Cl2O3/c1-3-17-12(16)11(15)7(2)10-8(13)5-4-6-9(10)14/h4-7,11,15H,3H2,1-2H3/t7-,11+/m1/s1. The van der Waals surface area contributed by atoms with E-state index in [0.717, 1.165) is 0 Å². The van der Waals surface area contributed by atoms with Crippen molar-refractivity contribution < 1.29 is 14.6 Å². The summed E-state index contributed by atoms with van der Waals surface area (Å²) < 4.78 is 4.75. The van der Waals surface area contributed by atoms with Gasteiger partial charge >= 0.3 is 5.97 Å². The molecule has 1 aromatic carbocycles. The van der Waals surface area contributed by atoms with Crippen LogP contribution in [0.5, 0.6) is 0 Å². The fraction of sp³-hybridized carbons (Fsp3) is 0.417. The number of hydrogen-bond acceptors (Lipinski definition) is 3. The molecule has 0 unspecified atom stereocenters. The molecule has 3 nitrogen and oxygen atoms in total. The third kappa shape index (κ3) is 3.35. The number of aliphatic hydroxyl groups excluding tert-OH is 1. The maximum Gasteiger partial charge on any atom is 0.335 e. The molecule has 0 spiro atoms. The Morgan fingerprint density at radius 2 is 1.94 bits per heavy atom. The second-order valence-corrected chi connectivity index (χ2v) is 4.44. The molecule has 0 saturated heterocycles. The van der Waals surface area contributed by atoms with Crippen molar-refractivity contribution in [2.24, 2.45) is 0 Å². The molecule has 0 saturated carbocycles. The van der Waals surface area contributed by atoms with Crippen LogP contribution in [-0.2, 0) is 9.53 Å². The first-order valence-corrected chi connectivity index (χ1v) is 6.03. The summed E-state index contributed by atoms with van der Waals surface area (Å²) in [4.78, 5) is 11.4. The minimum Gasteiger partial charge on any atom is -0.464 e. The van der Waals surface area contributed by atoms with Gasteiger partial charge in [0.15, 0.2) is 6.10 Å². The molecule has 2 atom stereocenters. The second-order valence-electron chi connectivity index (χ2n) is 3.62. The third-order valence-electron chi connectivity index (χ3n) is 2.46. The molecule has 0 aliphatic rings. The number of aliphatic hydroxyl groups is 1. The van der Waals surface area contributed by atoms with E-state index in [1.807, 2.05) is 0 Å². The highest BCUT2D eigenvalue weighted by atomic mass is 35.5. The highest BCUT2D eigenvalue weighted by Crippen LogP contribution is 2.33. The first-order chi connectivity index (χ1) is 7.99. The van der Waals surface area contributed by atoms with Crippen LogP contribution in [0, 0.1) is 0 Å². The van der Waals surface area contributed by atoms with E-state index in [9.17, 15) is 9.90 Å². The van der Waals surface area contributed by atoms with Gasteiger partial charge in [0.05, 0.1) is 6.61 Å². The summed E-state index contributed by atoms with van der Waals surface area (Å²) in [5, 5.41) is 10.7. The number of ether oxygens (including phenoxy) is 1. The fourth-order valence-electron chi connectivity index (χ4n) is 1.54. The summed E-state index contributed by atoms with van der Waals surface area (Å²) in [6.07, 6.45) is -1.27. The molecule has 1 rings (SSSR count). The van der Waals surface area contributed by atoms with Crippen LogP contribution < -0.4 is 0 Å². The quantitative estimate of drug-likeness (QED) is 0.860. The fourth-order valence-corrected chi connectivity index (χ4v) is 2.28. The molecule has 0 heterocycles. The van der Waals surface area contributed by atoms with Crippen LogP contribution >= 0.6 is 23.2 Å². The normalized spacial score (nSPS) is 14.2. The molecule has 0 fully saturated rings. The number of hydrogen-bond donors (Lipinski definition) is 1. The van der Waals surface area contributed by atoms with E-state index in [4.69, 9.17) is 27.9 Å². The van der Waals surface area contributed by atoms with Crippen molar-refractivity contribution in [3.05, 3.63) is 33.8 Å². The Kier molecular flexibility index (Phi) is 5.25. The second kappa shape index (κ2) is 6.24. The van der Waals surface area contributed by atoms with Crippen molar-refractivity contribution in [1.29, 1.82) is 0 Å². The zero-order valence-electron chi connectivity index (χ0n) is 9.61. The van der Waals surface area contributed by atoms with Crippen LogP contribution in [0.15, 0.2) is 18.2 Å². The maximum atomic E-state index is 11.4. The Hall–Kier alpha value is -0.770. The molecule has 0 amide bonds. The predicted octanol–water partition coefficient (Wildman–Crippen LogP) is 3.02. The zero-order valence-corrected chi connectivity index (χ0v) is 11.1. The summed E-state index contributed by atoms with van der Waals surface area (Å²) >= 11 is 12.0. The Morgan fingerprint density at radius 3 is 2.41 bits per heavy atom. The van der Waals surface area contributed by atoms with Gasteiger partial charge in [0.1, 0.15) is 0 Å². The predicted molar refractivity (Wildman–Crippen MR) is 67.5 cm³/mol. The van der Waals surface area contributed by atoms with Gasteiger partial charge in [-0.15, -0.1) is 0 Å². The highest BCUT2D eigenvalue weighted by molar-refractivity contribution is 6.36. The monoisotopic (exact) mass is 276 g/mol. The van der Waals surface area contributed by atoms with E-state index < -0.39 is 18.0 Å². The zero-order chi connectivity index (χ0) is 13.0. The van der Waals surface area contributed by atoms with Crippen molar-refractivity contribution >= 4 is 29.2 Å². The highest BCUT2D eigenvalue weighted by Gasteiger charge is 2.27. The van der Waals surface area contributed by atoms with Crippen molar-refractivity contribution in [3.63, 3.8) is 0 Å². The summed E-state index contributed by atoms with van der Waals surface area (Å²) in [5.41, 5.74) is 0.552. The van der Waals surface area contributed by atoms with Crippen LogP contribution in [0.3, 0.4) is 0 Å². The van der Waals surface area contributed by atoms with Gasteiger partial charge in [-0.05, 0) is 24.6 Å². The van der Waals surface area contributed by atoms with Crippen LogP contribution in [0.25, 0.3) is 0 Å². The summed E-state index contributed by atoms with van der Waals surface area (Å²) in [7, 11) is 0. The minimum absolute atomic E-state index is 0.221. The van der Waals surface area contributed by atoms with Gasteiger partial charge in [0.25, 0.3) is 0 Å². The van der Waals surface area contributed by atoms with Crippen LogP contribution in [0.2, 0.25) is 10.0 Å². The van der Waals surface area contributed by atoms with Gasteiger partial charge in [-0.3, -0.25) is 0 Å². The van der Waals surface area contributed by atoms with Gasteiger partial charge < -0.3 is 9.84 Å². The molecular formula is C12H14Cl2O3. The Bertz CT molecular complexity index is 386. The van der Waals surface area contributed by atoms with Crippen molar-refractivity contribution in [1.82, 2.24) is 0 Å².